The molecule has 25 heavy (non-hydrogen) atoms. The molecule has 0 spiro atoms. The van der Waals surface area contributed by atoms with Crippen LogP contribution < -0.4 is 5.32 Å². The topological polar surface area (TPSA) is 49.4 Å². The van der Waals surface area contributed by atoms with E-state index in [0.29, 0.717) is 19.5 Å². The molecule has 4 heteroatoms. The Bertz CT molecular complexity index is 735. The quantitative estimate of drug-likeness (QED) is 0.930. The molecule has 0 atom stereocenters. The highest BCUT2D eigenvalue weighted by molar-refractivity contribution is 5.92. The van der Waals surface area contributed by atoms with Crippen LogP contribution in [0.2, 0.25) is 0 Å². The number of hydrogen-bond acceptors (Lipinski definition) is 2. The lowest BCUT2D eigenvalue weighted by Crippen LogP contribution is -2.42. The van der Waals surface area contributed by atoms with Crippen molar-refractivity contribution in [3.63, 3.8) is 0 Å². The van der Waals surface area contributed by atoms with E-state index in [1.807, 2.05) is 66.4 Å². The van der Waals surface area contributed by atoms with E-state index in [4.69, 9.17) is 0 Å². The Labute approximate surface area is 148 Å². The molecular formula is C21H24N2O2. The molecule has 0 aromatic heterocycles. The van der Waals surface area contributed by atoms with Crippen LogP contribution in [0.15, 0.2) is 54.6 Å². The van der Waals surface area contributed by atoms with Gasteiger partial charge in [0.1, 0.15) is 0 Å². The molecule has 1 saturated heterocycles. The number of hydrogen-bond donors (Lipinski definition) is 1. The third kappa shape index (κ3) is 4.69. The number of aryl methyl sites for hydroxylation is 1. The van der Waals surface area contributed by atoms with E-state index >= 15 is 0 Å². The Morgan fingerprint density at radius 2 is 1.76 bits per heavy atom. The van der Waals surface area contributed by atoms with Gasteiger partial charge in [0.15, 0.2) is 0 Å². The monoisotopic (exact) mass is 336 g/mol. The van der Waals surface area contributed by atoms with Crippen LogP contribution in [0.5, 0.6) is 0 Å². The van der Waals surface area contributed by atoms with Gasteiger partial charge in [-0.25, -0.2) is 0 Å². The van der Waals surface area contributed by atoms with E-state index in [1.54, 1.807) is 0 Å². The zero-order valence-corrected chi connectivity index (χ0v) is 14.6. The lowest BCUT2D eigenvalue weighted by molar-refractivity contribution is -0.133. The summed E-state index contributed by atoms with van der Waals surface area (Å²) in [5.74, 6) is 0.172. The molecule has 0 bridgehead atoms. The highest BCUT2D eigenvalue weighted by atomic mass is 16.2. The maximum Gasteiger partial charge on any atom is 0.227 e. The maximum absolute atomic E-state index is 12.4. The average Bonchev–Trinajstić information content (AvgIpc) is 2.62. The number of carbonyl (C=O) groups excluding carboxylic acids is 2. The number of likely N-dealkylation sites (tertiary alicyclic amines) is 1. The zero-order valence-electron chi connectivity index (χ0n) is 14.6. The molecule has 1 fully saturated rings. The minimum absolute atomic E-state index is 0.0266. The first kappa shape index (κ1) is 17.2. The fraction of sp³-hybridized carbons (Fsp3) is 0.333. The molecule has 1 N–H and O–H groups in total. The van der Waals surface area contributed by atoms with Crippen LogP contribution in [0, 0.1) is 12.8 Å². The number of anilines is 1. The molecule has 1 aliphatic rings. The van der Waals surface area contributed by atoms with Gasteiger partial charge in [0, 0.05) is 24.7 Å². The van der Waals surface area contributed by atoms with Crippen molar-refractivity contribution in [1.82, 2.24) is 4.90 Å². The molecule has 0 saturated carbocycles. The van der Waals surface area contributed by atoms with Gasteiger partial charge in [0.2, 0.25) is 11.8 Å². The molecule has 0 aliphatic carbocycles. The maximum atomic E-state index is 12.4. The number of piperidine rings is 1. The molecule has 1 aliphatic heterocycles. The second-order valence-electron chi connectivity index (χ2n) is 6.68. The average molecular weight is 336 g/mol. The van der Waals surface area contributed by atoms with Crippen LogP contribution in [0.3, 0.4) is 0 Å². The SMILES string of the molecule is Cc1cccc(NC(=O)C2CCN(C(=O)Cc3ccccc3)CC2)c1. The summed E-state index contributed by atoms with van der Waals surface area (Å²) in [7, 11) is 0. The van der Waals surface area contributed by atoms with Crippen molar-refractivity contribution in [2.75, 3.05) is 18.4 Å². The highest BCUT2D eigenvalue weighted by Crippen LogP contribution is 2.20. The molecule has 130 valence electrons. The summed E-state index contributed by atoms with van der Waals surface area (Å²) in [6.45, 7) is 3.31. The van der Waals surface area contributed by atoms with Crippen LogP contribution >= 0.6 is 0 Å². The van der Waals surface area contributed by atoms with E-state index in [9.17, 15) is 9.59 Å². The summed E-state index contributed by atoms with van der Waals surface area (Å²) in [6.07, 6.45) is 1.87. The minimum atomic E-state index is -0.0266. The summed E-state index contributed by atoms with van der Waals surface area (Å²) >= 11 is 0. The summed E-state index contributed by atoms with van der Waals surface area (Å²) in [5.41, 5.74) is 3.00. The summed E-state index contributed by atoms with van der Waals surface area (Å²) < 4.78 is 0. The third-order valence-corrected chi connectivity index (χ3v) is 4.70. The first-order valence-electron chi connectivity index (χ1n) is 8.81. The Hall–Kier alpha value is -2.62. The van der Waals surface area contributed by atoms with Crippen LogP contribution in [0.25, 0.3) is 0 Å². The molecule has 1 heterocycles. The molecule has 0 radical (unpaired) electrons. The van der Waals surface area contributed by atoms with Gasteiger partial charge in [-0.15, -0.1) is 0 Å². The molecule has 2 aromatic rings. The van der Waals surface area contributed by atoms with Gasteiger partial charge in [0.05, 0.1) is 6.42 Å². The van der Waals surface area contributed by atoms with Crippen molar-refractivity contribution in [2.45, 2.75) is 26.2 Å². The summed E-state index contributed by atoms with van der Waals surface area (Å²) in [6, 6.07) is 17.6. The number of nitrogens with zero attached hydrogens (tertiary/aromatic N) is 1. The first-order chi connectivity index (χ1) is 12.1. The summed E-state index contributed by atoms with van der Waals surface area (Å²) in [5, 5.41) is 2.99. The van der Waals surface area contributed by atoms with Crippen LogP contribution in [-0.4, -0.2) is 29.8 Å². The van der Waals surface area contributed by atoms with Gasteiger partial charge in [-0.05, 0) is 43.0 Å². The first-order valence-corrected chi connectivity index (χ1v) is 8.81. The second kappa shape index (κ2) is 7.97. The van der Waals surface area contributed by atoms with Gasteiger partial charge in [-0.3, -0.25) is 9.59 Å². The van der Waals surface area contributed by atoms with Gasteiger partial charge in [-0.1, -0.05) is 42.5 Å². The van der Waals surface area contributed by atoms with E-state index in [0.717, 1.165) is 29.7 Å². The van der Waals surface area contributed by atoms with Gasteiger partial charge >= 0.3 is 0 Å². The fourth-order valence-corrected chi connectivity index (χ4v) is 3.24. The Kier molecular flexibility index (Phi) is 5.49. The normalized spacial score (nSPS) is 15.0. The molecule has 3 rings (SSSR count). The number of amides is 2. The minimum Gasteiger partial charge on any atom is -0.342 e. The lowest BCUT2D eigenvalue weighted by atomic mass is 9.95. The van der Waals surface area contributed by atoms with Crippen molar-refractivity contribution in [1.29, 1.82) is 0 Å². The van der Waals surface area contributed by atoms with Crippen molar-refractivity contribution in [3.05, 3.63) is 65.7 Å². The Balaban J connectivity index is 1.49. The molecule has 0 unspecified atom stereocenters. The van der Waals surface area contributed by atoms with Gasteiger partial charge < -0.3 is 10.2 Å². The lowest BCUT2D eigenvalue weighted by Gasteiger charge is -2.31. The number of nitrogens with one attached hydrogen (secondary N) is 1. The number of carbonyl (C=O) groups is 2. The van der Waals surface area contributed by atoms with E-state index in [1.165, 1.54) is 0 Å². The second-order valence-corrected chi connectivity index (χ2v) is 6.68. The van der Waals surface area contributed by atoms with E-state index in [2.05, 4.69) is 5.32 Å². The van der Waals surface area contributed by atoms with E-state index < -0.39 is 0 Å². The van der Waals surface area contributed by atoms with Crippen LogP contribution in [0.1, 0.15) is 24.0 Å². The zero-order chi connectivity index (χ0) is 17.6. The third-order valence-electron chi connectivity index (χ3n) is 4.70. The molecular weight excluding hydrogens is 312 g/mol. The predicted molar refractivity (Wildman–Crippen MR) is 99.3 cm³/mol. The Morgan fingerprint density at radius 1 is 1.04 bits per heavy atom. The van der Waals surface area contributed by atoms with Crippen LogP contribution in [0.4, 0.5) is 5.69 Å². The smallest absolute Gasteiger partial charge is 0.227 e. The van der Waals surface area contributed by atoms with Crippen LogP contribution in [-0.2, 0) is 16.0 Å². The number of rotatable bonds is 4. The van der Waals surface area contributed by atoms with Crippen molar-refractivity contribution in [2.24, 2.45) is 5.92 Å². The summed E-state index contributed by atoms with van der Waals surface area (Å²) in [4.78, 5) is 26.7. The Morgan fingerprint density at radius 3 is 2.44 bits per heavy atom. The van der Waals surface area contributed by atoms with Crippen molar-refractivity contribution in [3.8, 4) is 0 Å². The fourth-order valence-electron chi connectivity index (χ4n) is 3.24. The van der Waals surface area contributed by atoms with Crippen molar-refractivity contribution < 1.29 is 9.59 Å². The standard InChI is InChI=1S/C21H24N2O2/c1-16-6-5-9-19(14-16)22-21(25)18-10-12-23(13-11-18)20(24)15-17-7-3-2-4-8-17/h2-9,14,18H,10-13,15H2,1H3,(H,22,25). The highest BCUT2D eigenvalue weighted by Gasteiger charge is 2.27. The molecule has 2 amide bonds. The molecule has 2 aromatic carbocycles. The van der Waals surface area contributed by atoms with Gasteiger partial charge in [0.25, 0.3) is 0 Å². The van der Waals surface area contributed by atoms with Gasteiger partial charge in [-0.2, -0.15) is 0 Å². The molecule has 4 nitrogen and oxygen atoms in total. The van der Waals surface area contributed by atoms with E-state index in [-0.39, 0.29) is 17.7 Å². The predicted octanol–water partition coefficient (Wildman–Crippen LogP) is 3.41. The number of benzene rings is 2. The van der Waals surface area contributed by atoms with Crippen molar-refractivity contribution >= 4 is 17.5 Å². The largest absolute Gasteiger partial charge is 0.342 e.